The smallest absolute Gasteiger partial charge is 0.339 e. The van der Waals surface area contributed by atoms with E-state index in [-0.39, 0.29) is 5.56 Å². The molecule has 4 nitrogen and oxygen atoms in total. The minimum absolute atomic E-state index is 0.201. The van der Waals surface area contributed by atoms with E-state index in [0.29, 0.717) is 5.75 Å². The molecule has 0 saturated carbocycles. The number of carboxylic acid groups (broad SMARTS) is 1. The number of nitrogens with zero attached hydrogens (tertiary/aromatic N) is 1. The Balaban J connectivity index is 3.28. The first-order valence-corrected chi connectivity index (χ1v) is 5.30. The Kier molecular flexibility index (Phi) is 4.17. The van der Waals surface area contributed by atoms with Crippen LogP contribution < -0.4 is 9.64 Å². The number of hydrogen-bond acceptors (Lipinski definition) is 3. The summed E-state index contributed by atoms with van der Waals surface area (Å²) in [5.41, 5.74) is 1.03. The molecule has 0 aliphatic carbocycles. The molecule has 88 valence electrons. The van der Waals surface area contributed by atoms with Gasteiger partial charge in [-0.15, -0.1) is 0 Å². The van der Waals surface area contributed by atoms with Gasteiger partial charge in [0.15, 0.2) is 5.75 Å². The highest BCUT2D eigenvalue weighted by molar-refractivity contribution is 5.93. The molecule has 0 fully saturated rings. The fourth-order valence-electron chi connectivity index (χ4n) is 1.72. The second-order valence-electron chi connectivity index (χ2n) is 3.34. The molecule has 0 heterocycles. The van der Waals surface area contributed by atoms with Crippen LogP contribution in [0.4, 0.5) is 5.69 Å². The highest BCUT2D eigenvalue weighted by atomic mass is 16.5. The average Bonchev–Trinajstić information content (AvgIpc) is 2.30. The Morgan fingerprint density at radius 1 is 1.38 bits per heavy atom. The van der Waals surface area contributed by atoms with Crippen LogP contribution in [0, 0.1) is 0 Å². The summed E-state index contributed by atoms with van der Waals surface area (Å²) in [6.45, 7) is 5.68. The van der Waals surface area contributed by atoms with Crippen molar-refractivity contribution in [1.82, 2.24) is 0 Å². The highest BCUT2D eigenvalue weighted by Gasteiger charge is 2.17. The second kappa shape index (κ2) is 5.39. The van der Waals surface area contributed by atoms with Crippen molar-refractivity contribution in [2.45, 2.75) is 13.8 Å². The van der Waals surface area contributed by atoms with Crippen molar-refractivity contribution in [3.63, 3.8) is 0 Å². The van der Waals surface area contributed by atoms with Crippen LogP contribution in [0.25, 0.3) is 0 Å². The topological polar surface area (TPSA) is 49.8 Å². The Hall–Kier alpha value is -1.71. The molecule has 16 heavy (non-hydrogen) atoms. The molecular weight excluding hydrogens is 206 g/mol. The lowest BCUT2D eigenvalue weighted by atomic mass is 10.1. The molecule has 1 aromatic rings. The number of rotatable bonds is 5. The minimum atomic E-state index is -0.967. The van der Waals surface area contributed by atoms with Crippen molar-refractivity contribution in [2.24, 2.45) is 0 Å². The molecular formula is C12H17NO3. The zero-order valence-corrected chi connectivity index (χ0v) is 9.86. The molecule has 1 aromatic carbocycles. The predicted octanol–water partition coefficient (Wildman–Crippen LogP) is 2.24. The molecule has 0 saturated heterocycles. The molecule has 4 heteroatoms. The van der Waals surface area contributed by atoms with E-state index < -0.39 is 5.97 Å². The molecule has 0 radical (unpaired) electrons. The summed E-state index contributed by atoms with van der Waals surface area (Å²) >= 11 is 0. The summed E-state index contributed by atoms with van der Waals surface area (Å²) in [7, 11) is 1.49. The normalized spacial score (nSPS) is 9.94. The lowest BCUT2D eigenvalue weighted by Crippen LogP contribution is -2.23. The number of carbonyl (C=O) groups is 1. The molecule has 0 aromatic heterocycles. The first kappa shape index (κ1) is 12.4. The molecule has 1 N–H and O–H groups in total. The Morgan fingerprint density at radius 2 is 2.00 bits per heavy atom. The van der Waals surface area contributed by atoms with E-state index in [1.165, 1.54) is 7.11 Å². The molecule has 0 amide bonds. The van der Waals surface area contributed by atoms with Crippen LogP contribution in [0.1, 0.15) is 24.2 Å². The summed E-state index contributed by atoms with van der Waals surface area (Å²) in [4.78, 5) is 13.1. The van der Waals surface area contributed by atoms with Crippen molar-refractivity contribution in [2.75, 3.05) is 25.1 Å². The van der Waals surface area contributed by atoms with Gasteiger partial charge in [-0.1, -0.05) is 6.07 Å². The fourth-order valence-corrected chi connectivity index (χ4v) is 1.72. The number of benzene rings is 1. The molecule has 0 aliphatic heterocycles. The maximum atomic E-state index is 11.0. The van der Waals surface area contributed by atoms with Crippen molar-refractivity contribution in [3.05, 3.63) is 23.8 Å². The van der Waals surface area contributed by atoms with Crippen molar-refractivity contribution in [1.29, 1.82) is 0 Å². The van der Waals surface area contributed by atoms with E-state index in [1.807, 2.05) is 19.9 Å². The Labute approximate surface area is 95.5 Å². The van der Waals surface area contributed by atoms with Gasteiger partial charge in [0, 0.05) is 13.1 Å². The van der Waals surface area contributed by atoms with Crippen molar-refractivity contribution in [3.8, 4) is 5.75 Å². The Morgan fingerprint density at radius 3 is 2.44 bits per heavy atom. The largest absolute Gasteiger partial charge is 0.494 e. The van der Waals surface area contributed by atoms with E-state index >= 15 is 0 Å². The van der Waals surface area contributed by atoms with Crippen LogP contribution in [0.2, 0.25) is 0 Å². The van der Waals surface area contributed by atoms with Gasteiger partial charge in [-0.25, -0.2) is 4.79 Å². The molecule has 1 rings (SSSR count). The van der Waals surface area contributed by atoms with Gasteiger partial charge in [0.1, 0.15) is 5.56 Å². The first-order valence-electron chi connectivity index (χ1n) is 5.30. The van der Waals surface area contributed by atoms with Gasteiger partial charge >= 0.3 is 5.97 Å². The van der Waals surface area contributed by atoms with Gasteiger partial charge in [0.05, 0.1) is 12.8 Å². The summed E-state index contributed by atoms with van der Waals surface area (Å²) in [5, 5.41) is 9.05. The second-order valence-corrected chi connectivity index (χ2v) is 3.34. The summed E-state index contributed by atoms with van der Waals surface area (Å²) < 4.78 is 5.20. The van der Waals surface area contributed by atoms with E-state index in [4.69, 9.17) is 9.84 Å². The summed E-state index contributed by atoms with van der Waals surface area (Å²) in [6, 6.07) is 5.16. The zero-order chi connectivity index (χ0) is 12.1. The number of carboxylic acids is 1. The van der Waals surface area contributed by atoms with Crippen LogP contribution in [0.3, 0.4) is 0 Å². The fraction of sp³-hybridized carbons (Fsp3) is 0.417. The van der Waals surface area contributed by atoms with Gasteiger partial charge in [-0.3, -0.25) is 0 Å². The van der Waals surface area contributed by atoms with E-state index in [2.05, 4.69) is 4.90 Å². The number of ether oxygens (including phenoxy) is 1. The van der Waals surface area contributed by atoms with Crippen LogP contribution in [0.15, 0.2) is 18.2 Å². The van der Waals surface area contributed by atoms with Crippen LogP contribution in [-0.2, 0) is 0 Å². The monoisotopic (exact) mass is 223 g/mol. The standard InChI is InChI=1S/C12H17NO3/c1-4-13(5-2)10-8-6-7-9(12(14)15)11(10)16-3/h6-8H,4-5H2,1-3H3,(H,14,15). The van der Waals surface area contributed by atoms with Crippen molar-refractivity contribution >= 4 is 11.7 Å². The van der Waals surface area contributed by atoms with Gasteiger partial charge < -0.3 is 14.7 Å². The summed E-state index contributed by atoms with van der Waals surface area (Å²) in [6.07, 6.45) is 0. The molecule has 0 unspecified atom stereocenters. The third-order valence-electron chi connectivity index (χ3n) is 2.53. The van der Waals surface area contributed by atoms with Crippen LogP contribution >= 0.6 is 0 Å². The van der Waals surface area contributed by atoms with Gasteiger partial charge in [-0.05, 0) is 26.0 Å². The van der Waals surface area contributed by atoms with Gasteiger partial charge in [-0.2, -0.15) is 0 Å². The van der Waals surface area contributed by atoms with E-state index in [1.54, 1.807) is 12.1 Å². The average molecular weight is 223 g/mol. The number of hydrogen-bond donors (Lipinski definition) is 1. The van der Waals surface area contributed by atoms with Crippen molar-refractivity contribution < 1.29 is 14.6 Å². The lowest BCUT2D eigenvalue weighted by Gasteiger charge is -2.24. The number of anilines is 1. The SMILES string of the molecule is CCN(CC)c1cccc(C(=O)O)c1OC. The molecule has 0 atom stereocenters. The van der Waals surface area contributed by atoms with E-state index in [9.17, 15) is 4.79 Å². The lowest BCUT2D eigenvalue weighted by molar-refractivity contribution is 0.0693. The third-order valence-corrected chi connectivity index (χ3v) is 2.53. The maximum Gasteiger partial charge on any atom is 0.339 e. The number of methoxy groups -OCH3 is 1. The van der Waals surface area contributed by atoms with Gasteiger partial charge in [0.2, 0.25) is 0 Å². The Bertz CT molecular complexity index is 373. The first-order chi connectivity index (χ1) is 7.65. The third kappa shape index (κ3) is 2.27. The van der Waals surface area contributed by atoms with Gasteiger partial charge in [0.25, 0.3) is 0 Å². The quantitative estimate of drug-likeness (QED) is 0.831. The zero-order valence-electron chi connectivity index (χ0n) is 9.86. The summed E-state index contributed by atoms with van der Waals surface area (Å²) in [5.74, 6) is -0.537. The number of aromatic carboxylic acids is 1. The molecule has 0 bridgehead atoms. The van der Waals surface area contributed by atoms with Crippen LogP contribution in [-0.4, -0.2) is 31.3 Å². The van der Waals surface area contributed by atoms with E-state index in [0.717, 1.165) is 18.8 Å². The van der Waals surface area contributed by atoms with Crippen LogP contribution in [0.5, 0.6) is 5.75 Å². The maximum absolute atomic E-state index is 11.0. The molecule has 0 spiro atoms. The number of para-hydroxylation sites is 1. The molecule has 0 aliphatic rings. The highest BCUT2D eigenvalue weighted by Crippen LogP contribution is 2.31. The predicted molar refractivity (Wildman–Crippen MR) is 63.5 cm³/mol. The minimum Gasteiger partial charge on any atom is -0.494 e.